The van der Waals surface area contributed by atoms with E-state index >= 15 is 0 Å². The quantitative estimate of drug-likeness (QED) is 0.352. The van der Waals surface area contributed by atoms with E-state index in [-0.39, 0.29) is 17.6 Å². The first kappa shape index (κ1) is 28.7. The minimum absolute atomic E-state index is 0.136. The summed E-state index contributed by atoms with van der Waals surface area (Å²) in [6.45, 7) is 10.5. The van der Waals surface area contributed by atoms with Crippen LogP contribution in [0.3, 0.4) is 0 Å². The molecule has 1 saturated heterocycles. The Morgan fingerprint density at radius 3 is 2.56 bits per heavy atom. The van der Waals surface area contributed by atoms with E-state index in [1.165, 1.54) is 0 Å². The van der Waals surface area contributed by atoms with Crippen LogP contribution in [0.15, 0.2) is 18.3 Å². The molecular weight excluding hydrogens is 524 g/mol. The second-order valence-corrected chi connectivity index (χ2v) is 12.2. The standard InChI is InChI=1S/C29H42N8O4/c1-6-7-12-31-25-34-23(30)22-24(35-25)37(26(33-22)39-5)18-19-8-9-21(32-17-19)40-20-15-29(16-20)10-13-36(14-11-29)27(38)41-28(2,3)4/h8-9,17,20H,6-7,10-16,18H2,1-5H3,(H3,30,31,34,35). The molecule has 12 nitrogen and oxygen atoms in total. The zero-order valence-corrected chi connectivity index (χ0v) is 24.8. The van der Waals surface area contributed by atoms with Crippen LogP contribution < -0.4 is 20.5 Å². The van der Waals surface area contributed by atoms with Gasteiger partial charge in [0.05, 0.1) is 13.7 Å². The molecule has 222 valence electrons. The maximum Gasteiger partial charge on any atom is 0.410 e. The zero-order chi connectivity index (χ0) is 29.2. The fourth-order valence-electron chi connectivity index (χ4n) is 5.57. The first-order chi connectivity index (χ1) is 19.6. The Balaban J connectivity index is 1.17. The van der Waals surface area contributed by atoms with Gasteiger partial charge < -0.3 is 30.2 Å². The van der Waals surface area contributed by atoms with E-state index in [4.69, 9.17) is 19.9 Å². The van der Waals surface area contributed by atoms with E-state index in [2.05, 4.69) is 32.2 Å². The van der Waals surface area contributed by atoms with Crippen LogP contribution in [-0.2, 0) is 11.3 Å². The lowest BCUT2D eigenvalue weighted by atomic mass is 9.61. The number of hydrogen-bond donors (Lipinski definition) is 2. The van der Waals surface area contributed by atoms with Crippen molar-refractivity contribution in [3.8, 4) is 11.9 Å². The first-order valence-electron chi connectivity index (χ1n) is 14.5. The molecule has 1 saturated carbocycles. The summed E-state index contributed by atoms with van der Waals surface area (Å²) in [6, 6.07) is 4.30. The fraction of sp³-hybridized carbons (Fsp3) is 0.621. The van der Waals surface area contributed by atoms with Crippen molar-refractivity contribution >= 4 is 29.0 Å². The van der Waals surface area contributed by atoms with Gasteiger partial charge >= 0.3 is 6.09 Å². The lowest BCUT2D eigenvalue weighted by molar-refractivity contribution is -0.0596. The normalized spacial score (nSPS) is 17.0. The summed E-state index contributed by atoms with van der Waals surface area (Å²) < 4.78 is 19.1. The van der Waals surface area contributed by atoms with Gasteiger partial charge in [0.25, 0.3) is 6.01 Å². The van der Waals surface area contributed by atoms with Crippen molar-refractivity contribution in [3.63, 3.8) is 0 Å². The topological polar surface area (TPSA) is 143 Å². The summed E-state index contributed by atoms with van der Waals surface area (Å²) in [5.74, 6) is 1.39. The first-order valence-corrected chi connectivity index (χ1v) is 14.5. The van der Waals surface area contributed by atoms with Gasteiger partial charge in [-0.15, -0.1) is 0 Å². The Labute approximate surface area is 241 Å². The summed E-state index contributed by atoms with van der Waals surface area (Å²) in [5.41, 5.74) is 8.03. The number of fused-ring (bicyclic) bond motifs is 1. The van der Waals surface area contributed by atoms with Crippen molar-refractivity contribution in [1.29, 1.82) is 0 Å². The van der Waals surface area contributed by atoms with Gasteiger partial charge in [-0.2, -0.15) is 15.0 Å². The number of rotatable bonds is 9. The van der Waals surface area contributed by atoms with E-state index in [0.29, 0.717) is 41.4 Å². The van der Waals surface area contributed by atoms with Gasteiger partial charge in [-0.25, -0.2) is 9.78 Å². The SMILES string of the molecule is CCCCNc1nc(N)c2nc(OC)n(Cc3ccc(OC4CC5(CCN(C(=O)OC(C)(C)C)CC5)C4)nc3)c2n1. The third kappa shape index (κ3) is 6.57. The highest BCUT2D eigenvalue weighted by Crippen LogP contribution is 2.50. The number of ether oxygens (including phenoxy) is 3. The summed E-state index contributed by atoms with van der Waals surface area (Å²) in [5, 5.41) is 3.23. The number of aromatic nitrogens is 5. The molecule has 1 spiro atoms. The average Bonchev–Trinajstić information content (AvgIpc) is 3.26. The van der Waals surface area contributed by atoms with Crippen LogP contribution >= 0.6 is 0 Å². The number of anilines is 2. The predicted octanol–water partition coefficient (Wildman–Crippen LogP) is 4.63. The molecule has 4 heterocycles. The Morgan fingerprint density at radius 1 is 1.17 bits per heavy atom. The van der Waals surface area contributed by atoms with Crippen LogP contribution in [0.2, 0.25) is 0 Å². The Hall–Kier alpha value is -3.83. The third-order valence-corrected chi connectivity index (χ3v) is 7.81. The van der Waals surface area contributed by atoms with Gasteiger partial charge in [0.2, 0.25) is 11.8 Å². The molecule has 3 N–H and O–H groups in total. The number of amides is 1. The van der Waals surface area contributed by atoms with E-state index in [1.54, 1.807) is 13.3 Å². The number of likely N-dealkylation sites (tertiary alicyclic amines) is 1. The smallest absolute Gasteiger partial charge is 0.410 e. The molecule has 3 aromatic heterocycles. The molecule has 3 aromatic rings. The number of carbonyl (C=O) groups is 1. The van der Waals surface area contributed by atoms with Crippen LogP contribution in [0.25, 0.3) is 11.2 Å². The highest BCUT2D eigenvalue weighted by molar-refractivity contribution is 5.84. The van der Waals surface area contributed by atoms with E-state index in [0.717, 1.165) is 63.7 Å². The van der Waals surface area contributed by atoms with Crippen LogP contribution in [0.5, 0.6) is 11.9 Å². The largest absolute Gasteiger partial charge is 0.474 e. The summed E-state index contributed by atoms with van der Waals surface area (Å²) >= 11 is 0. The molecule has 5 rings (SSSR count). The molecule has 0 radical (unpaired) electrons. The van der Waals surface area contributed by atoms with Crippen LogP contribution in [-0.4, -0.2) is 73.9 Å². The molecule has 2 aliphatic rings. The molecule has 0 bridgehead atoms. The summed E-state index contributed by atoms with van der Waals surface area (Å²) in [4.78, 5) is 32.3. The van der Waals surface area contributed by atoms with E-state index < -0.39 is 5.60 Å². The molecule has 1 amide bonds. The third-order valence-electron chi connectivity index (χ3n) is 7.81. The highest BCUT2D eigenvalue weighted by atomic mass is 16.6. The number of nitrogen functional groups attached to an aromatic ring is 1. The average molecular weight is 567 g/mol. The van der Waals surface area contributed by atoms with Crippen molar-refractivity contribution in [3.05, 3.63) is 23.9 Å². The summed E-state index contributed by atoms with van der Waals surface area (Å²) in [6.07, 6.45) is 7.71. The minimum atomic E-state index is -0.472. The molecule has 12 heteroatoms. The van der Waals surface area contributed by atoms with Gasteiger partial charge in [0.1, 0.15) is 11.7 Å². The molecule has 41 heavy (non-hydrogen) atoms. The number of pyridine rings is 1. The molecular formula is C29H42N8O4. The van der Waals surface area contributed by atoms with Crippen molar-refractivity contribution < 1.29 is 19.0 Å². The molecule has 0 aromatic carbocycles. The van der Waals surface area contributed by atoms with Crippen molar-refractivity contribution in [2.75, 3.05) is 37.8 Å². The summed E-state index contributed by atoms with van der Waals surface area (Å²) in [7, 11) is 1.57. The molecule has 1 aliphatic heterocycles. The number of unbranched alkanes of at least 4 members (excludes halogenated alkanes) is 1. The van der Waals surface area contributed by atoms with Gasteiger partial charge in [-0.3, -0.25) is 4.57 Å². The Bertz CT molecular complexity index is 1350. The van der Waals surface area contributed by atoms with Gasteiger partial charge in [-0.1, -0.05) is 19.4 Å². The molecule has 1 aliphatic carbocycles. The van der Waals surface area contributed by atoms with E-state index in [9.17, 15) is 4.79 Å². The number of nitrogens with two attached hydrogens (primary N) is 1. The number of carbonyl (C=O) groups excluding carboxylic acids is 1. The molecule has 2 fully saturated rings. The van der Waals surface area contributed by atoms with Crippen LogP contribution in [0.1, 0.15) is 71.8 Å². The van der Waals surface area contributed by atoms with Gasteiger partial charge in [-0.05, 0) is 63.9 Å². The maximum absolute atomic E-state index is 12.4. The van der Waals surface area contributed by atoms with Crippen molar-refractivity contribution in [1.82, 2.24) is 29.4 Å². The van der Waals surface area contributed by atoms with Crippen molar-refractivity contribution in [2.24, 2.45) is 5.41 Å². The number of nitrogens with zero attached hydrogens (tertiary/aromatic N) is 6. The minimum Gasteiger partial charge on any atom is -0.474 e. The second kappa shape index (κ2) is 11.6. The number of methoxy groups -OCH3 is 1. The fourth-order valence-corrected chi connectivity index (χ4v) is 5.57. The van der Waals surface area contributed by atoms with Gasteiger partial charge in [0, 0.05) is 31.9 Å². The lowest BCUT2D eigenvalue weighted by Crippen LogP contribution is -2.52. The van der Waals surface area contributed by atoms with E-state index in [1.807, 2.05) is 42.4 Å². The second-order valence-electron chi connectivity index (χ2n) is 12.2. The molecule has 0 atom stereocenters. The predicted molar refractivity (Wildman–Crippen MR) is 156 cm³/mol. The number of hydrogen-bond acceptors (Lipinski definition) is 10. The van der Waals surface area contributed by atoms with Gasteiger partial charge in [0.15, 0.2) is 17.0 Å². The number of piperidine rings is 1. The Morgan fingerprint density at radius 2 is 1.93 bits per heavy atom. The van der Waals surface area contributed by atoms with Crippen LogP contribution in [0.4, 0.5) is 16.6 Å². The van der Waals surface area contributed by atoms with Crippen LogP contribution in [0, 0.1) is 5.41 Å². The van der Waals surface area contributed by atoms with Crippen molar-refractivity contribution in [2.45, 2.75) is 84.5 Å². The number of nitrogens with one attached hydrogen (secondary N) is 1. The molecule has 0 unspecified atom stereocenters. The Kier molecular flexibility index (Phi) is 8.10. The number of imidazole rings is 1. The zero-order valence-electron chi connectivity index (χ0n) is 24.8. The highest BCUT2D eigenvalue weighted by Gasteiger charge is 2.48. The lowest BCUT2D eigenvalue weighted by Gasteiger charge is -2.51. The monoisotopic (exact) mass is 566 g/mol. The maximum atomic E-state index is 12.4.